The molecule has 0 aliphatic carbocycles. The maximum Gasteiger partial charge on any atom is 0.216 e. The fraction of sp³-hybridized carbons (Fsp3) is 0.929. The molecule has 0 rings (SSSR count). The molecule has 0 aromatic carbocycles. The standard InChI is InChI=1S/C14H28NO/c1-2-3-4-5-6-7-8-9-10-11-12-14(15)13-16/h14H,2-12,15H2,1H3. The van der Waals surface area contributed by atoms with Crippen LogP contribution in [0.25, 0.3) is 0 Å². The average molecular weight is 226 g/mol. The molecule has 0 aromatic rings. The minimum absolute atomic E-state index is 0.353. The van der Waals surface area contributed by atoms with Gasteiger partial charge in [-0.15, -0.1) is 0 Å². The third kappa shape index (κ3) is 11.7. The smallest absolute Gasteiger partial charge is 0.216 e. The summed E-state index contributed by atoms with van der Waals surface area (Å²) in [6.45, 7) is 2.25. The van der Waals surface area contributed by atoms with E-state index < -0.39 is 0 Å². The van der Waals surface area contributed by atoms with Crippen molar-refractivity contribution in [2.24, 2.45) is 5.73 Å². The second-order valence-electron chi connectivity index (χ2n) is 4.69. The van der Waals surface area contributed by atoms with E-state index in [1.807, 2.05) is 6.29 Å². The predicted octanol–water partition coefficient (Wildman–Crippen LogP) is 3.73. The largest absolute Gasteiger partial charge is 0.321 e. The SMILES string of the molecule is CCCCCCCCCCCCC(N)[C]=O. The highest BCUT2D eigenvalue weighted by molar-refractivity contribution is 5.57. The molecule has 0 bridgehead atoms. The van der Waals surface area contributed by atoms with Crippen LogP contribution in [0.15, 0.2) is 0 Å². The number of rotatable bonds is 12. The molecule has 2 heteroatoms. The quantitative estimate of drug-likeness (QED) is 0.515. The molecule has 0 saturated carbocycles. The van der Waals surface area contributed by atoms with Crippen molar-refractivity contribution in [3.63, 3.8) is 0 Å². The lowest BCUT2D eigenvalue weighted by Crippen LogP contribution is -2.20. The summed E-state index contributed by atoms with van der Waals surface area (Å²) < 4.78 is 0. The van der Waals surface area contributed by atoms with Gasteiger partial charge in [-0.25, -0.2) is 0 Å². The van der Waals surface area contributed by atoms with E-state index in [1.165, 1.54) is 57.8 Å². The first-order valence-electron chi connectivity index (χ1n) is 6.94. The maximum atomic E-state index is 10.1. The topological polar surface area (TPSA) is 43.1 Å². The number of carbonyl (C=O) groups excluding carboxylic acids is 1. The first-order valence-corrected chi connectivity index (χ1v) is 6.94. The monoisotopic (exact) mass is 226 g/mol. The average Bonchev–Trinajstić information content (AvgIpc) is 2.31. The Labute approximate surface area is 101 Å². The van der Waals surface area contributed by atoms with Crippen LogP contribution in [-0.2, 0) is 4.79 Å². The molecule has 1 radical (unpaired) electrons. The molecule has 1 atom stereocenters. The fourth-order valence-corrected chi connectivity index (χ4v) is 1.91. The van der Waals surface area contributed by atoms with E-state index in [4.69, 9.17) is 5.73 Å². The highest BCUT2D eigenvalue weighted by Crippen LogP contribution is 2.11. The van der Waals surface area contributed by atoms with Crippen LogP contribution in [0.5, 0.6) is 0 Å². The van der Waals surface area contributed by atoms with Gasteiger partial charge in [0.15, 0.2) is 0 Å². The lowest BCUT2D eigenvalue weighted by atomic mass is 10.0. The van der Waals surface area contributed by atoms with Gasteiger partial charge in [-0.05, 0) is 6.42 Å². The zero-order valence-corrected chi connectivity index (χ0v) is 10.8. The molecular formula is C14H28NO. The van der Waals surface area contributed by atoms with E-state index in [1.54, 1.807) is 0 Å². The molecule has 2 nitrogen and oxygen atoms in total. The Hall–Kier alpha value is -0.370. The maximum absolute atomic E-state index is 10.1. The van der Waals surface area contributed by atoms with Crippen LogP contribution in [0.1, 0.15) is 77.6 Å². The summed E-state index contributed by atoms with van der Waals surface area (Å²) in [6.07, 6.45) is 15.8. The summed E-state index contributed by atoms with van der Waals surface area (Å²) in [5, 5.41) is 0. The van der Waals surface area contributed by atoms with Gasteiger partial charge in [-0.3, -0.25) is 4.79 Å². The van der Waals surface area contributed by atoms with Crippen LogP contribution < -0.4 is 5.73 Å². The van der Waals surface area contributed by atoms with Crippen molar-refractivity contribution in [3.05, 3.63) is 0 Å². The Bertz CT molecular complexity index is 148. The summed E-state index contributed by atoms with van der Waals surface area (Å²) in [6, 6.07) is -0.353. The van der Waals surface area contributed by atoms with E-state index in [-0.39, 0.29) is 6.04 Å². The molecule has 0 aliphatic rings. The van der Waals surface area contributed by atoms with E-state index in [9.17, 15) is 4.79 Å². The minimum atomic E-state index is -0.353. The first-order chi connectivity index (χ1) is 7.81. The van der Waals surface area contributed by atoms with Crippen molar-refractivity contribution in [1.29, 1.82) is 0 Å². The predicted molar refractivity (Wildman–Crippen MR) is 70.1 cm³/mol. The normalized spacial score (nSPS) is 12.6. The minimum Gasteiger partial charge on any atom is -0.321 e. The molecule has 2 N–H and O–H groups in total. The van der Waals surface area contributed by atoms with Crippen molar-refractivity contribution < 1.29 is 4.79 Å². The number of nitrogens with two attached hydrogens (primary N) is 1. The lowest BCUT2D eigenvalue weighted by molar-refractivity contribution is 0.518. The number of unbranched alkanes of at least 4 members (excludes halogenated alkanes) is 9. The van der Waals surface area contributed by atoms with Gasteiger partial charge >= 0.3 is 0 Å². The van der Waals surface area contributed by atoms with Crippen LogP contribution in [0.4, 0.5) is 0 Å². The Balaban J connectivity index is 2.96. The molecule has 1 unspecified atom stereocenters. The van der Waals surface area contributed by atoms with Gasteiger partial charge in [0.2, 0.25) is 6.29 Å². The molecule has 0 heterocycles. The Morgan fingerprint density at radius 2 is 1.31 bits per heavy atom. The molecule has 0 aliphatic heterocycles. The molecule has 0 aromatic heterocycles. The fourth-order valence-electron chi connectivity index (χ4n) is 1.91. The summed E-state index contributed by atoms with van der Waals surface area (Å²) in [5.74, 6) is 0. The highest BCUT2D eigenvalue weighted by atomic mass is 16.1. The summed E-state index contributed by atoms with van der Waals surface area (Å²) in [7, 11) is 0. The van der Waals surface area contributed by atoms with Crippen molar-refractivity contribution in [3.8, 4) is 0 Å². The van der Waals surface area contributed by atoms with Gasteiger partial charge in [0.1, 0.15) is 0 Å². The molecule has 0 amide bonds. The summed E-state index contributed by atoms with van der Waals surface area (Å²) in [5.41, 5.74) is 5.46. The number of hydrogen-bond donors (Lipinski definition) is 1. The van der Waals surface area contributed by atoms with Crippen LogP contribution in [0, 0.1) is 0 Å². The zero-order valence-electron chi connectivity index (χ0n) is 10.8. The van der Waals surface area contributed by atoms with E-state index in [0.717, 1.165) is 12.8 Å². The third-order valence-corrected chi connectivity index (χ3v) is 3.02. The van der Waals surface area contributed by atoms with E-state index in [2.05, 4.69) is 6.92 Å². The van der Waals surface area contributed by atoms with Gasteiger partial charge in [0.05, 0.1) is 6.04 Å². The van der Waals surface area contributed by atoms with Gasteiger partial charge in [-0.1, -0.05) is 71.1 Å². The molecule has 16 heavy (non-hydrogen) atoms. The summed E-state index contributed by atoms with van der Waals surface area (Å²) in [4.78, 5) is 10.1. The van der Waals surface area contributed by atoms with E-state index >= 15 is 0 Å². The molecular weight excluding hydrogens is 198 g/mol. The molecule has 0 fully saturated rings. The zero-order chi connectivity index (χ0) is 12.1. The highest BCUT2D eigenvalue weighted by Gasteiger charge is 1.99. The van der Waals surface area contributed by atoms with Crippen LogP contribution in [0.2, 0.25) is 0 Å². The van der Waals surface area contributed by atoms with Gasteiger partial charge in [0.25, 0.3) is 0 Å². The van der Waals surface area contributed by atoms with Crippen molar-refractivity contribution >= 4 is 6.29 Å². The summed E-state index contributed by atoms with van der Waals surface area (Å²) >= 11 is 0. The van der Waals surface area contributed by atoms with Gasteiger partial charge in [0, 0.05) is 0 Å². The van der Waals surface area contributed by atoms with Crippen molar-refractivity contribution in [1.82, 2.24) is 0 Å². The van der Waals surface area contributed by atoms with Crippen molar-refractivity contribution in [2.45, 2.75) is 83.6 Å². The number of hydrogen-bond acceptors (Lipinski definition) is 2. The van der Waals surface area contributed by atoms with Gasteiger partial charge in [-0.2, -0.15) is 0 Å². The molecule has 95 valence electrons. The molecule has 0 saturated heterocycles. The molecule has 0 spiro atoms. The van der Waals surface area contributed by atoms with Crippen LogP contribution in [-0.4, -0.2) is 12.3 Å². The third-order valence-electron chi connectivity index (χ3n) is 3.02. The van der Waals surface area contributed by atoms with Gasteiger partial charge < -0.3 is 5.73 Å². The van der Waals surface area contributed by atoms with Crippen LogP contribution in [0.3, 0.4) is 0 Å². The second kappa shape index (κ2) is 12.7. The van der Waals surface area contributed by atoms with E-state index in [0.29, 0.717) is 0 Å². The Morgan fingerprint density at radius 1 is 0.875 bits per heavy atom. The lowest BCUT2D eigenvalue weighted by Gasteiger charge is -2.03. The van der Waals surface area contributed by atoms with Crippen LogP contribution >= 0.6 is 0 Å². The second-order valence-corrected chi connectivity index (χ2v) is 4.69. The van der Waals surface area contributed by atoms with Crippen molar-refractivity contribution in [2.75, 3.05) is 0 Å². The Morgan fingerprint density at radius 3 is 1.75 bits per heavy atom. The first kappa shape index (κ1) is 15.6. The Kier molecular flexibility index (Phi) is 12.4.